The number of ether oxygens (including phenoxy) is 1. The lowest BCUT2D eigenvalue weighted by Gasteiger charge is -2.15. The van der Waals surface area contributed by atoms with Crippen LogP contribution < -0.4 is 15.8 Å². The van der Waals surface area contributed by atoms with Crippen LogP contribution in [0.25, 0.3) is 0 Å². The molecule has 0 aliphatic rings. The summed E-state index contributed by atoms with van der Waals surface area (Å²) < 4.78 is 5.70. The molecule has 7 nitrogen and oxygen atoms in total. The fraction of sp³-hybridized carbons (Fsp3) is 0.381. The Hall–Kier alpha value is -2.93. The monoisotopic (exact) mass is 387 g/mol. The lowest BCUT2D eigenvalue weighted by atomic mass is 10.1. The van der Waals surface area contributed by atoms with E-state index in [9.17, 15) is 4.79 Å². The van der Waals surface area contributed by atoms with Crippen molar-refractivity contribution in [1.82, 2.24) is 10.3 Å². The van der Waals surface area contributed by atoms with Crippen molar-refractivity contribution in [3.8, 4) is 5.75 Å². The summed E-state index contributed by atoms with van der Waals surface area (Å²) in [6, 6.07) is 9.28. The van der Waals surface area contributed by atoms with Gasteiger partial charge in [-0.05, 0) is 63.1 Å². The molecule has 1 heterocycles. The first-order chi connectivity index (χ1) is 13.2. The number of carbonyl (C=O) groups is 2. The molecule has 0 aliphatic carbocycles. The van der Waals surface area contributed by atoms with Gasteiger partial charge in [0.1, 0.15) is 5.75 Å². The third-order valence-corrected chi connectivity index (χ3v) is 3.84. The molecule has 1 aromatic carbocycles. The van der Waals surface area contributed by atoms with Crippen molar-refractivity contribution in [2.24, 2.45) is 5.73 Å². The Morgan fingerprint density at radius 1 is 1.25 bits per heavy atom. The van der Waals surface area contributed by atoms with Crippen LogP contribution in [-0.4, -0.2) is 35.1 Å². The summed E-state index contributed by atoms with van der Waals surface area (Å²) in [6.07, 6.45) is 2.57. The second-order valence-electron chi connectivity index (χ2n) is 6.42. The minimum Gasteiger partial charge on any atom is -0.493 e. The van der Waals surface area contributed by atoms with Gasteiger partial charge < -0.3 is 20.9 Å². The van der Waals surface area contributed by atoms with Crippen molar-refractivity contribution < 1.29 is 19.4 Å². The average Bonchev–Trinajstić information content (AvgIpc) is 2.63. The molecule has 0 saturated heterocycles. The SMILES string of the molecule is CC(=O)O.Cc1ccc(C(C)NC(=O)c2ccc(C)c(OCCCN)c2)cn1. The van der Waals surface area contributed by atoms with Crippen LogP contribution in [0.2, 0.25) is 0 Å². The predicted octanol–water partition coefficient (Wildman–Crippen LogP) is 3.01. The number of nitrogens with zero attached hydrogens (tertiary/aromatic N) is 1. The van der Waals surface area contributed by atoms with E-state index >= 15 is 0 Å². The predicted molar refractivity (Wildman–Crippen MR) is 109 cm³/mol. The van der Waals surface area contributed by atoms with Crippen molar-refractivity contribution in [2.75, 3.05) is 13.2 Å². The summed E-state index contributed by atoms with van der Waals surface area (Å²) in [5.74, 6) is -0.243. The second kappa shape index (κ2) is 11.7. The number of benzene rings is 1. The largest absolute Gasteiger partial charge is 0.493 e. The number of pyridine rings is 1. The number of hydrogen-bond donors (Lipinski definition) is 3. The van der Waals surface area contributed by atoms with Gasteiger partial charge in [-0.15, -0.1) is 0 Å². The molecule has 28 heavy (non-hydrogen) atoms. The van der Waals surface area contributed by atoms with Crippen molar-refractivity contribution >= 4 is 11.9 Å². The Balaban J connectivity index is 0.000000892. The number of aromatic nitrogens is 1. The van der Waals surface area contributed by atoms with Gasteiger partial charge in [0.05, 0.1) is 12.6 Å². The molecule has 1 amide bonds. The summed E-state index contributed by atoms with van der Waals surface area (Å²) in [5, 5.41) is 10.4. The summed E-state index contributed by atoms with van der Waals surface area (Å²) in [5.41, 5.74) is 8.98. The number of aliphatic carboxylic acids is 1. The highest BCUT2D eigenvalue weighted by Crippen LogP contribution is 2.21. The molecule has 0 fully saturated rings. The summed E-state index contributed by atoms with van der Waals surface area (Å²) in [7, 11) is 0. The van der Waals surface area contributed by atoms with Crippen LogP contribution in [0, 0.1) is 13.8 Å². The highest BCUT2D eigenvalue weighted by atomic mass is 16.5. The van der Waals surface area contributed by atoms with E-state index < -0.39 is 5.97 Å². The number of amides is 1. The molecule has 0 spiro atoms. The summed E-state index contributed by atoms with van der Waals surface area (Å²) in [4.78, 5) is 25.7. The topological polar surface area (TPSA) is 115 Å². The van der Waals surface area contributed by atoms with Gasteiger partial charge in [-0.2, -0.15) is 0 Å². The molecule has 4 N–H and O–H groups in total. The second-order valence-corrected chi connectivity index (χ2v) is 6.42. The third-order valence-electron chi connectivity index (χ3n) is 3.84. The van der Waals surface area contributed by atoms with Crippen LogP contribution in [0.5, 0.6) is 5.75 Å². The van der Waals surface area contributed by atoms with E-state index in [0.29, 0.717) is 18.7 Å². The zero-order valence-electron chi connectivity index (χ0n) is 16.9. The van der Waals surface area contributed by atoms with Gasteiger partial charge in [-0.3, -0.25) is 14.6 Å². The number of rotatable bonds is 7. The maximum Gasteiger partial charge on any atom is 0.300 e. The number of carbonyl (C=O) groups excluding carboxylic acids is 1. The number of carboxylic acid groups (broad SMARTS) is 1. The summed E-state index contributed by atoms with van der Waals surface area (Å²) >= 11 is 0. The van der Waals surface area contributed by atoms with E-state index in [2.05, 4.69) is 10.3 Å². The Morgan fingerprint density at radius 3 is 2.50 bits per heavy atom. The first kappa shape index (κ1) is 23.1. The van der Waals surface area contributed by atoms with Crippen LogP contribution in [0.15, 0.2) is 36.5 Å². The number of aryl methyl sites for hydroxylation is 2. The quantitative estimate of drug-likeness (QED) is 0.629. The lowest BCUT2D eigenvalue weighted by molar-refractivity contribution is -0.134. The van der Waals surface area contributed by atoms with E-state index in [1.54, 1.807) is 18.3 Å². The van der Waals surface area contributed by atoms with Gasteiger partial charge >= 0.3 is 0 Å². The Bertz CT molecular complexity index is 772. The normalized spacial score (nSPS) is 11.0. The van der Waals surface area contributed by atoms with Gasteiger partial charge in [0.2, 0.25) is 0 Å². The van der Waals surface area contributed by atoms with E-state index in [1.807, 2.05) is 39.0 Å². The number of nitrogens with one attached hydrogen (secondary N) is 1. The fourth-order valence-corrected chi connectivity index (χ4v) is 2.26. The standard InChI is InChI=1S/C19H25N3O2.C2H4O2/c1-13-5-7-16(11-18(13)24-10-4-9-20)19(23)22-15(3)17-8-6-14(2)21-12-17;1-2(3)4/h5-8,11-12,15H,4,9-10,20H2,1-3H3,(H,22,23);1H3,(H,3,4). The van der Waals surface area contributed by atoms with E-state index in [1.165, 1.54) is 0 Å². The molecule has 0 bridgehead atoms. The van der Waals surface area contributed by atoms with Gasteiger partial charge in [0.15, 0.2) is 0 Å². The van der Waals surface area contributed by atoms with Crippen molar-refractivity contribution in [3.63, 3.8) is 0 Å². The maximum atomic E-state index is 12.5. The van der Waals surface area contributed by atoms with Crippen LogP contribution >= 0.6 is 0 Å². The smallest absolute Gasteiger partial charge is 0.300 e. The molecule has 1 aromatic heterocycles. The molecule has 0 aliphatic heterocycles. The van der Waals surface area contributed by atoms with Gasteiger partial charge in [-0.25, -0.2) is 0 Å². The van der Waals surface area contributed by atoms with Crippen LogP contribution in [0.1, 0.15) is 53.5 Å². The third kappa shape index (κ3) is 8.18. The van der Waals surface area contributed by atoms with Gasteiger partial charge in [-0.1, -0.05) is 12.1 Å². The summed E-state index contributed by atoms with van der Waals surface area (Å²) in [6.45, 7) is 8.05. The van der Waals surface area contributed by atoms with Crippen molar-refractivity contribution in [3.05, 3.63) is 58.9 Å². The van der Waals surface area contributed by atoms with Gasteiger partial charge in [0, 0.05) is 24.4 Å². The van der Waals surface area contributed by atoms with E-state index in [4.69, 9.17) is 20.4 Å². The Kier molecular flexibility index (Phi) is 9.67. The Labute approximate surface area is 165 Å². The zero-order chi connectivity index (χ0) is 21.1. The molecule has 7 heteroatoms. The van der Waals surface area contributed by atoms with Crippen LogP contribution in [0.3, 0.4) is 0 Å². The van der Waals surface area contributed by atoms with Crippen LogP contribution in [-0.2, 0) is 4.79 Å². The molecule has 0 radical (unpaired) electrons. The molecule has 1 unspecified atom stereocenters. The molecular formula is C21H29N3O4. The number of carboxylic acids is 1. The molecule has 1 atom stereocenters. The first-order valence-electron chi connectivity index (χ1n) is 9.11. The molecule has 0 saturated carbocycles. The first-order valence-corrected chi connectivity index (χ1v) is 9.11. The molecule has 2 rings (SSSR count). The molecular weight excluding hydrogens is 358 g/mol. The molecule has 152 valence electrons. The molecule has 2 aromatic rings. The minimum absolute atomic E-state index is 0.117. The zero-order valence-corrected chi connectivity index (χ0v) is 16.9. The number of hydrogen-bond acceptors (Lipinski definition) is 5. The van der Waals surface area contributed by atoms with Crippen molar-refractivity contribution in [1.29, 1.82) is 0 Å². The lowest BCUT2D eigenvalue weighted by Crippen LogP contribution is -2.26. The highest BCUT2D eigenvalue weighted by Gasteiger charge is 2.13. The number of nitrogens with two attached hydrogens (primary N) is 1. The maximum absolute atomic E-state index is 12.5. The van der Waals surface area contributed by atoms with Gasteiger partial charge in [0.25, 0.3) is 11.9 Å². The van der Waals surface area contributed by atoms with E-state index in [-0.39, 0.29) is 11.9 Å². The Morgan fingerprint density at radius 2 is 1.93 bits per heavy atom. The van der Waals surface area contributed by atoms with E-state index in [0.717, 1.165) is 35.9 Å². The van der Waals surface area contributed by atoms with Crippen molar-refractivity contribution in [2.45, 2.75) is 40.2 Å². The highest BCUT2D eigenvalue weighted by molar-refractivity contribution is 5.95. The average molecular weight is 387 g/mol. The van der Waals surface area contributed by atoms with Crippen LogP contribution in [0.4, 0.5) is 0 Å². The minimum atomic E-state index is -0.833. The fourth-order valence-electron chi connectivity index (χ4n) is 2.26.